The van der Waals surface area contributed by atoms with E-state index < -0.39 is 0 Å². The summed E-state index contributed by atoms with van der Waals surface area (Å²) in [5, 5.41) is 9.40. The van der Waals surface area contributed by atoms with E-state index in [0.717, 1.165) is 12.8 Å². The Morgan fingerprint density at radius 3 is 2.80 bits per heavy atom. The molecule has 1 aromatic carbocycles. The summed E-state index contributed by atoms with van der Waals surface area (Å²) in [6.07, 6.45) is 2.05. The van der Waals surface area contributed by atoms with Crippen LogP contribution >= 0.6 is 0 Å². The van der Waals surface area contributed by atoms with Crippen LogP contribution in [0.3, 0.4) is 0 Å². The molecule has 3 nitrogen and oxygen atoms in total. The summed E-state index contributed by atoms with van der Waals surface area (Å²) in [5.41, 5.74) is 0.309. The fourth-order valence-electron chi connectivity index (χ4n) is 1.22. The number of unbranched alkanes of at least 4 members (excludes halogenated alkanes) is 1. The van der Waals surface area contributed by atoms with Crippen molar-refractivity contribution >= 4 is 5.78 Å². The number of rotatable bonds is 5. The van der Waals surface area contributed by atoms with Gasteiger partial charge >= 0.3 is 0 Å². The first kappa shape index (κ1) is 11.6. The zero-order valence-corrected chi connectivity index (χ0v) is 9.12. The maximum absolute atomic E-state index is 11.1. The predicted octanol–water partition coefficient (Wildman–Crippen LogP) is 2.77. The Morgan fingerprint density at radius 1 is 1.47 bits per heavy atom. The van der Waals surface area contributed by atoms with Gasteiger partial charge in [0, 0.05) is 0 Å². The molecule has 0 radical (unpaired) electrons. The van der Waals surface area contributed by atoms with Crippen molar-refractivity contribution in [3.8, 4) is 11.5 Å². The third-order valence-corrected chi connectivity index (χ3v) is 2.11. The molecular formula is C12H16O3. The number of Topliss-reactive ketones (excluding diaryl/α,β-unsaturated/α-hetero) is 1. The number of benzene rings is 1. The van der Waals surface area contributed by atoms with Crippen molar-refractivity contribution in [2.75, 3.05) is 6.61 Å². The van der Waals surface area contributed by atoms with Gasteiger partial charge in [-0.1, -0.05) is 13.3 Å². The fraction of sp³-hybridized carbons (Fsp3) is 0.417. The third-order valence-electron chi connectivity index (χ3n) is 2.11. The molecule has 1 aromatic rings. The molecule has 3 heteroatoms. The monoisotopic (exact) mass is 208 g/mol. The summed E-state index contributed by atoms with van der Waals surface area (Å²) in [6, 6.07) is 4.72. The quantitative estimate of drug-likeness (QED) is 0.597. The molecule has 0 aliphatic rings. The highest BCUT2D eigenvalue weighted by atomic mass is 16.5. The lowest BCUT2D eigenvalue weighted by Gasteiger charge is -2.07. The van der Waals surface area contributed by atoms with Gasteiger partial charge in [-0.3, -0.25) is 4.79 Å². The molecule has 0 aromatic heterocycles. The molecule has 0 aliphatic heterocycles. The van der Waals surface area contributed by atoms with E-state index in [4.69, 9.17) is 4.74 Å². The fourth-order valence-corrected chi connectivity index (χ4v) is 1.22. The minimum atomic E-state index is -0.159. The van der Waals surface area contributed by atoms with Crippen molar-refractivity contribution in [1.82, 2.24) is 0 Å². The first-order valence-electron chi connectivity index (χ1n) is 5.12. The molecule has 15 heavy (non-hydrogen) atoms. The molecule has 0 fully saturated rings. The zero-order chi connectivity index (χ0) is 11.3. The second-order valence-corrected chi connectivity index (χ2v) is 3.44. The zero-order valence-electron chi connectivity index (χ0n) is 9.12. The van der Waals surface area contributed by atoms with E-state index >= 15 is 0 Å². The van der Waals surface area contributed by atoms with Crippen LogP contribution in [-0.4, -0.2) is 17.5 Å². The number of carbonyl (C=O) groups excluding carboxylic acids is 1. The third kappa shape index (κ3) is 3.27. The summed E-state index contributed by atoms with van der Waals surface area (Å²) in [6.45, 7) is 4.14. The lowest BCUT2D eigenvalue weighted by Crippen LogP contribution is -1.99. The molecule has 0 unspecified atom stereocenters. The molecule has 82 valence electrons. The SMILES string of the molecule is CCCCOc1ccc(O)c(C(C)=O)c1. The highest BCUT2D eigenvalue weighted by molar-refractivity contribution is 5.97. The van der Waals surface area contributed by atoms with Gasteiger partial charge in [0.25, 0.3) is 0 Å². The van der Waals surface area contributed by atoms with E-state index in [2.05, 4.69) is 6.92 Å². The van der Waals surface area contributed by atoms with Crippen LogP contribution in [0.1, 0.15) is 37.0 Å². The van der Waals surface area contributed by atoms with Gasteiger partial charge in [0.05, 0.1) is 12.2 Å². The Kier molecular flexibility index (Phi) is 4.16. The van der Waals surface area contributed by atoms with Crippen LogP contribution in [0.5, 0.6) is 11.5 Å². The van der Waals surface area contributed by atoms with Crippen molar-refractivity contribution < 1.29 is 14.6 Å². The van der Waals surface area contributed by atoms with Crippen LogP contribution in [0.4, 0.5) is 0 Å². The van der Waals surface area contributed by atoms with Crippen LogP contribution in [-0.2, 0) is 0 Å². The molecule has 0 bridgehead atoms. The van der Waals surface area contributed by atoms with Crippen LogP contribution in [0.2, 0.25) is 0 Å². The first-order chi connectivity index (χ1) is 7.15. The summed E-state index contributed by atoms with van der Waals surface area (Å²) in [4.78, 5) is 11.1. The van der Waals surface area contributed by atoms with E-state index in [1.54, 1.807) is 12.1 Å². The van der Waals surface area contributed by atoms with Crippen LogP contribution < -0.4 is 4.74 Å². The molecule has 0 saturated heterocycles. The topological polar surface area (TPSA) is 46.5 Å². The summed E-state index contributed by atoms with van der Waals surface area (Å²) in [5.74, 6) is 0.477. The lowest BCUT2D eigenvalue weighted by atomic mass is 10.1. The average Bonchev–Trinajstić information content (AvgIpc) is 2.20. The number of carbonyl (C=O) groups is 1. The summed E-state index contributed by atoms with van der Waals surface area (Å²) < 4.78 is 5.43. The molecule has 0 amide bonds. The van der Waals surface area contributed by atoms with E-state index in [1.165, 1.54) is 13.0 Å². The Morgan fingerprint density at radius 2 is 2.20 bits per heavy atom. The molecule has 1 N–H and O–H groups in total. The van der Waals surface area contributed by atoms with Gasteiger partial charge < -0.3 is 9.84 Å². The van der Waals surface area contributed by atoms with Crippen molar-refractivity contribution in [3.05, 3.63) is 23.8 Å². The molecule has 0 saturated carbocycles. The smallest absolute Gasteiger partial charge is 0.163 e. The van der Waals surface area contributed by atoms with Gasteiger partial charge in [0.15, 0.2) is 5.78 Å². The summed E-state index contributed by atoms with van der Waals surface area (Å²) >= 11 is 0. The van der Waals surface area contributed by atoms with Crippen molar-refractivity contribution in [1.29, 1.82) is 0 Å². The molecule has 0 atom stereocenters. The van der Waals surface area contributed by atoms with Gasteiger partial charge in [-0.2, -0.15) is 0 Å². The normalized spacial score (nSPS) is 10.0. The summed E-state index contributed by atoms with van der Waals surface area (Å²) in [7, 11) is 0. The molecular weight excluding hydrogens is 192 g/mol. The second kappa shape index (κ2) is 5.39. The average molecular weight is 208 g/mol. The molecule has 0 heterocycles. The first-order valence-corrected chi connectivity index (χ1v) is 5.12. The number of hydrogen-bond acceptors (Lipinski definition) is 3. The van der Waals surface area contributed by atoms with Crippen LogP contribution in [0.25, 0.3) is 0 Å². The minimum absolute atomic E-state index is 0.00495. The van der Waals surface area contributed by atoms with Gasteiger partial charge in [-0.05, 0) is 31.5 Å². The largest absolute Gasteiger partial charge is 0.507 e. The number of ketones is 1. The van der Waals surface area contributed by atoms with Gasteiger partial charge in [0.1, 0.15) is 11.5 Å². The highest BCUT2D eigenvalue weighted by Gasteiger charge is 2.07. The molecule has 1 rings (SSSR count). The number of phenolic OH excluding ortho intramolecular Hbond substituents is 1. The predicted molar refractivity (Wildman–Crippen MR) is 58.5 cm³/mol. The Balaban J connectivity index is 2.74. The minimum Gasteiger partial charge on any atom is -0.507 e. The molecule has 0 aliphatic carbocycles. The molecule has 0 spiro atoms. The van der Waals surface area contributed by atoms with Crippen LogP contribution in [0.15, 0.2) is 18.2 Å². The van der Waals surface area contributed by atoms with Gasteiger partial charge in [-0.25, -0.2) is 0 Å². The number of hydrogen-bond donors (Lipinski definition) is 1. The van der Waals surface area contributed by atoms with E-state index in [9.17, 15) is 9.90 Å². The number of ether oxygens (including phenoxy) is 1. The van der Waals surface area contributed by atoms with Crippen molar-refractivity contribution in [3.63, 3.8) is 0 Å². The Labute approximate surface area is 89.7 Å². The van der Waals surface area contributed by atoms with Gasteiger partial charge in [0.2, 0.25) is 0 Å². The van der Waals surface area contributed by atoms with Crippen molar-refractivity contribution in [2.24, 2.45) is 0 Å². The number of phenols is 1. The number of aromatic hydroxyl groups is 1. The van der Waals surface area contributed by atoms with Gasteiger partial charge in [-0.15, -0.1) is 0 Å². The standard InChI is InChI=1S/C12H16O3/c1-3-4-7-15-10-5-6-12(14)11(8-10)9(2)13/h5-6,8,14H,3-4,7H2,1-2H3. The highest BCUT2D eigenvalue weighted by Crippen LogP contribution is 2.23. The Bertz CT molecular complexity index is 345. The maximum atomic E-state index is 11.1. The lowest BCUT2D eigenvalue weighted by molar-refractivity contribution is 0.101. The second-order valence-electron chi connectivity index (χ2n) is 3.44. The van der Waals surface area contributed by atoms with E-state index in [-0.39, 0.29) is 11.5 Å². The van der Waals surface area contributed by atoms with Crippen molar-refractivity contribution in [2.45, 2.75) is 26.7 Å². The van der Waals surface area contributed by atoms with Crippen LogP contribution in [0, 0.1) is 0 Å². The van der Waals surface area contributed by atoms with E-state index in [0.29, 0.717) is 17.9 Å². The Hall–Kier alpha value is -1.51. The van der Waals surface area contributed by atoms with E-state index in [1.807, 2.05) is 0 Å². The maximum Gasteiger partial charge on any atom is 0.163 e.